The summed E-state index contributed by atoms with van der Waals surface area (Å²) < 4.78 is 41.6. The van der Waals surface area contributed by atoms with Gasteiger partial charge in [-0.05, 0) is 43.4 Å². The van der Waals surface area contributed by atoms with Gasteiger partial charge in [-0.15, -0.1) is 5.10 Å². The van der Waals surface area contributed by atoms with E-state index in [0.717, 1.165) is 36.6 Å². The molecule has 0 bridgehead atoms. The van der Waals surface area contributed by atoms with E-state index < -0.39 is 11.7 Å². The zero-order chi connectivity index (χ0) is 18.0. The number of alkyl halides is 3. The molecule has 0 aliphatic carbocycles. The minimum atomic E-state index is -4.40. The van der Waals surface area contributed by atoms with E-state index in [1.54, 1.807) is 6.92 Å². The molecule has 10 heteroatoms. The average Bonchev–Trinajstić information content (AvgIpc) is 3.01. The summed E-state index contributed by atoms with van der Waals surface area (Å²) in [6, 6.07) is 2.29. The third-order valence-corrected chi connectivity index (χ3v) is 4.84. The quantitative estimate of drug-likeness (QED) is 0.898. The van der Waals surface area contributed by atoms with Gasteiger partial charge < -0.3 is 10.2 Å². The van der Waals surface area contributed by atoms with Crippen LogP contribution >= 0.6 is 11.5 Å². The fraction of sp³-hybridized carbons (Fsp3) is 0.467. The van der Waals surface area contributed by atoms with E-state index in [9.17, 15) is 18.0 Å². The van der Waals surface area contributed by atoms with E-state index in [4.69, 9.17) is 0 Å². The Morgan fingerprint density at radius 2 is 2.20 bits per heavy atom. The molecule has 1 fully saturated rings. The van der Waals surface area contributed by atoms with Crippen LogP contribution in [0.1, 0.15) is 33.8 Å². The van der Waals surface area contributed by atoms with Gasteiger partial charge in [0, 0.05) is 25.3 Å². The van der Waals surface area contributed by atoms with Crippen molar-refractivity contribution in [3.63, 3.8) is 0 Å². The fourth-order valence-electron chi connectivity index (χ4n) is 2.73. The normalized spacial score (nSPS) is 18.2. The minimum Gasteiger partial charge on any atom is -0.355 e. The van der Waals surface area contributed by atoms with Crippen LogP contribution in [0.15, 0.2) is 18.3 Å². The molecule has 0 saturated carbocycles. The number of halogens is 3. The van der Waals surface area contributed by atoms with E-state index in [-0.39, 0.29) is 11.9 Å². The molecule has 25 heavy (non-hydrogen) atoms. The molecule has 1 aliphatic heterocycles. The second-order valence-corrected chi connectivity index (χ2v) is 6.60. The monoisotopic (exact) mass is 371 g/mol. The highest BCUT2D eigenvalue weighted by molar-refractivity contribution is 7.08. The van der Waals surface area contributed by atoms with Gasteiger partial charge in [0.05, 0.1) is 11.3 Å². The molecular formula is C15H16F3N5OS. The van der Waals surface area contributed by atoms with E-state index in [1.807, 2.05) is 4.90 Å². The van der Waals surface area contributed by atoms with Gasteiger partial charge in [-0.1, -0.05) is 4.49 Å². The minimum absolute atomic E-state index is 0.105. The second kappa shape index (κ2) is 6.95. The summed E-state index contributed by atoms with van der Waals surface area (Å²) in [5, 5.41) is 6.76. The van der Waals surface area contributed by atoms with Crippen molar-refractivity contribution in [3.05, 3.63) is 34.5 Å². The predicted molar refractivity (Wildman–Crippen MR) is 86.6 cm³/mol. The lowest BCUT2D eigenvalue weighted by Gasteiger charge is -2.34. The Balaban J connectivity index is 1.65. The standard InChI is InChI=1S/C15H16F3N5OS/c1-9-13(25-22-21-9)14(24)20-11-3-2-6-23(8-11)12-5-4-10(7-19-12)15(16,17)18/h4-5,7,11H,2-3,6,8H2,1H3,(H,20,24). The van der Waals surface area contributed by atoms with Crippen molar-refractivity contribution in [2.24, 2.45) is 0 Å². The summed E-state index contributed by atoms with van der Waals surface area (Å²) in [7, 11) is 0. The third kappa shape index (κ3) is 4.06. The number of anilines is 1. The van der Waals surface area contributed by atoms with Crippen molar-refractivity contribution in [1.29, 1.82) is 0 Å². The first-order chi connectivity index (χ1) is 11.8. The summed E-state index contributed by atoms with van der Waals surface area (Å²) in [6.07, 6.45) is -1.95. The van der Waals surface area contributed by atoms with Crippen LogP contribution in [-0.4, -0.2) is 39.6 Å². The topological polar surface area (TPSA) is 71.0 Å². The zero-order valence-electron chi connectivity index (χ0n) is 13.4. The molecule has 0 radical (unpaired) electrons. The van der Waals surface area contributed by atoms with Gasteiger partial charge in [0.2, 0.25) is 0 Å². The Labute approximate surface area is 146 Å². The predicted octanol–water partition coefficient (Wildman–Crippen LogP) is 2.66. The number of nitrogens with one attached hydrogen (secondary N) is 1. The largest absolute Gasteiger partial charge is 0.417 e. The van der Waals surface area contributed by atoms with E-state index >= 15 is 0 Å². The Hall–Kier alpha value is -2.23. The molecule has 3 heterocycles. The first-order valence-corrected chi connectivity index (χ1v) is 8.50. The molecule has 1 amide bonds. The Kier molecular flexibility index (Phi) is 4.89. The summed E-state index contributed by atoms with van der Waals surface area (Å²) >= 11 is 1.04. The van der Waals surface area contributed by atoms with E-state index in [0.29, 0.717) is 29.5 Å². The van der Waals surface area contributed by atoms with Crippen molar-refractivity contribution in [2.45, 2.75) is 32.0 Å². The average molecular weight is 371 g/mol. The smallest absolute Gasteiger partial charge is 0.355 e. The van der Waals surface area contributed by atoms with Crippen molar-refractivity contribution in [1.82, 2.24) is 19.9 Å². The van der Waals surface area contributed by atoms with Crippen LogP contribution in [0, 0.1) is 6.92 Å². The number of hydrogen-bond donors (Lipinski definition) is 1. The van der Waals surface area contributed by atoms with E-state index in [1.165, 1.54) is 6.07 Å². The molecule has 6 nitrogen and oxygen atoms in total. The molecule has 2 aromatic heterocycles. The first kappa shape index (κ1) is 17.6. The highest BCUT2D eigenvalue weighted by atomic mass is 32.1. The van der Waals surface area contributed by atoms with Crippen LogP contribution in [0.2, 0.25) is 0 Å². The molecule has 1 saturated heterocycles. The first-order valence-electron chi connectivity index (χ1n) is 7.72. The zero-order valence-corrected chi connectivity index (χ0v) is 14.2. The molecule has 2 aromatic rings. The van der Waals surface area contributed by atoms with Crippen LogP contribution in [0.5, 0.6) is 0 Å². The van der Waals surface area contributed by atoms with Crippen LogP contribution < -0.4 is 10.2 Å². The molecule has 0 aromatic carbocycles. The summed E-state index contributed by atoms with van der Waals surface area (Å²) in [6.45, 7) is 2.90. The molecule has 1 aliphatic rings. The Morgan fingerprint density at radius 1 is 1.40 bits per heavy atom. The van der Waals surface area contributed by atoms with Crippen LogP contribution in [-0.2, 0) is 6.18 Å². The molecule has 3 rings (SSSR count). The fourth-order valence-corrected chi connectivity index (χ4v) is 3.29. The number of amides is 1. The van der Waals surface area contributed by atoms with Gasteiger partial charge in [-0.3, -0.25) is 4.79 Å². The van der Waals surface area contributed by atoms with Gasteiger partial charge in [-0.2, -0.15) is 13.2 Å². The Bertz CT molecular complexity index is 746. The number of aryl methyl sites for hydroxylation is 1. The lowest BCUT2D eigenvalue weighted by molar-refractivity contribution is -0.137. The van der Waals surface area contributed by atoms with Crippen molar-refractivity contribution in [2.75, 3.05) is 18.0 Å². The van der Waals surface area contributed by atoms with Crippen LogP contribution in [0.3, 0.4) is 0 Å². The van der Waals surface area contributed by atoms with Crippen molar-refractivity contribution < 1.29 is 18.0 Å². The third-order valence-electron chi connectivity index (χ3n) is 4.01. The maximum atomic E-state index is 12.6. The molecule has 1 unspecified atom stereocenters. The maximum Gasteiger partial charge on any atom is 0.417 e. The molecule has 134 valence electrons. The highest BCUT2D eigenvalue weighted by Crippen LogP contribution is 2.29. The Morgan fingerprint density at radius 3 is 2.80 bits per heavy atom. The maximum absolute atomic E-state index is 12.6. The van der Waals surface area contributed by atoms with Gasteiger partial charge in [-0.25, -0.2) is 4.98 Å². The summed E-state index contributed by atoms with van der Waals surface area (Å²) in [5.41, 5.74) is -0.189. The lowest BCUT2D eigenvalue weighted by atomic mass is 10.1. The van der Waals surface area contributed by atoms with Crippen LogP contribution in [0.25, 0.3) is 0 Å². The molecule has 1 atom stereocenters. The number of pyridine rings is 1. The van der Waals surface area contributed by atoms with Crippen LogP contribution in [0.4, 0.5) is 19.0 Å². The summed E-state index contributed by atoms with van der Waals surface area (Å²) in [4.78, 5) is 18.5. The molecule has 0 spiro atoms. The highest BCUT2D eigenvalue weighted by Gasteiger charge is 2.31. The summed E-state index contributed by atoms with van der Waals surface area (Å²) in [5.74, 6) is 0.252. The number of nitrogens with zero attached hydrogens (tertiary/aromatic N) is 4. The number of rotatable bonds is 3. The van der Waals surface area contributed by atoms with Gasteiger partial charge in [0.15, 0.2) is 0 Å². The van der Waals surface area contributed by atoms with Gasteiger partial charge in [0.25, 0.3) is 5.91 Å². The van der Waals surface area contributed by atoms with Gasteiger partial charge >= 0.3 is 6.18 Å². The SMILES string of the molecule is Cc1nnsc1C(=O)NC1CCCN(c2ccc(C(F)(F)F)cn2)C1. The number of hydrogen-bond acceptors (Lipinski definition) is 6. The number of carbonyl (C=O) groups is 1. The lowest BCUT2D eigenvalue weighted by Crippen LogP contribution is -2.48. The number of aromatic nitrogens is 3. The van der Waals surface area contributed by atoms with Gasteiger partial charge in [0.1, 0.15) is 10.7 Å². The number of carbonyl (C=O) groups excluding carboxylic acids is 1. The van der Waals surface area contributed by atoms with E-state index in [2.05, 4.69) is 19.9 Å². The number of piperidine rings is 1. The molecule has 1 N–H and O–H groups in total. The van der Waals surface area contributed by atoms with Crippen molar-refractivity contribution in [3.8, 4) is 0 Å². The molecular weight excluding hydrogens is 355 g/mol. The second-order valence-electron chi connectivity index (χ2n) is 5.85. The van der Waals surface area contributed by atoms with Crippen molar-refractivity contribution >= 4 is 23.3 Å².